The summed E-state index contributed by atoms with van der Waals surface area (Å²) in [5.41, 5.74) is 8.58. The van der Waals surface area contributed by atoms with Gasteiger partial charge in [-0.3, -0.25) is 4.79 Å². The Hall–Kier alpha value is -2.64. The van der Waals surface area contributed by atoms with E-state index in [2.05, 4.69) is 10.2 Å². The lowest BCUT2D eigenvalue weighted by Gasteiger charge is -2.26. The fourth-order valence-electron chi connectivity index (χ4n) is 2.57. The van der Waals surface area contributed by atoms with Crippen LogP contribution in [0.5, 0.6) is 0 Å². The largest absolute Gasteiger partial charge is 0.378 e. The minimum absolute atomic E-state index is 0.0290. The van der Waals surface area contributed by atoms with Crippen molar-refractivity contribution >= 4 is 29.1 Å². The molecule has 0 aromatic heterocycles. The van der Waals surface area contributed by atoms with Crippen LogP contribution < -0.4 is 5.73 Å². The van der Waals surface area contributed by atoms with Crippen LogP contribution in [0.1, 0.15) is 21.5 Å². The number of amides is 1. The average Bonchev–Trinajstić information content (AvgIpc) is 2.74. The normalized spacial score (nSPS) is 15.3. The second-order valence-electron chi connectivity index (χ2n) is 5.98. The molecular weight excluding hydrogens is 360 g/mol. The number of amidine groups is 1. The highest BCUT2D eigenvalue weighted by Crippen LogP contribution is 2.12. The molecule has 7 heteroatoms. The fraction of sp³-hybridized carbons (Fsp3) is 0.250. The number of rotatable bonds is 5. The minimum atomic E-state index is 0.0290. The molecule has 3 rings (SSSR count). The Morgan fingerprint density at radius 1 is 1.11 bits per heavy atom. The molecule has 1 saturated heterocycles. The molecule has 2 aromatic carbocycles. The predicted molar refractivity (Wildman–Crippen MR) is 110 cm³/mol. The highest BCUT2D eigenvalue weighted by molar-refractivity contribution is 8.13. The third-order valence-electron chi connectivity index (χ3n) is 4.05. The van der Waals surface area contributed by atoms with Crippen LogP contribution in [0.25, 0.3) is 0 Å². The Morgan fingerprint density at radius 2 is 1.81 bits per heavy atom. The van der Waals surface area contributed by atoms with Crippen LogP contribution in [0.2, 0.25) is 0 Å². The maximum absolute atomic E-state index is 12.4. The lowest BCUT2D eigenvalue weighted by atomic mass is 10.1. The summed E-state index contributed by atoms with van der Waals surface area (Å²) in [5.74, 6) is 0.783. The Labute approximate surface area is 163 Å². The topological polar surface area (TPSA) is 80.3 Å². The molecule has 0 radical (unpaired) electrons. The van der Waals surface area contributed by atoms with Crippen LogP contribution in [0.4, 0.5) is 0 Å². The second kappa shape index (κ2) is 9.89. The lowest BCUT2D eigenvalue weighted by Crippen LogP contribution is -2.40. The summed E-state index contributed by atoms with van der Waals surface area (Å²) in [7, 11) is 0. The number of thioether (sulfide) groups is 1. The zero-order valence-electron chi connectivity index (χ0n) is 15.0. The van der Waals surface area contributed by atoms with Gasteiger partial charge < -0.3 is 15.4 Å². The quantitative estimate of drug-likeness (QED) is 0.490. The molecule has 1 fully saturated rings. The summed E-state index contributed by atoms with van der Waals surface area (Å²) in [5, 5.41) is 8.44. The Kier molecular flexibility index (Phi) is 7.01. The van der Waals surface area contributed by atoms with E-state index in [4.69, 9.17) is 10.5 Å². The first-order chi connectivity index (χ1) is 13.2. The van der Waals surface area contributed by atoms with Gasteiger partial charge in [0.2, 0.25) is 0 Å². The standard InChI is InChI=1S/C20H22N4O2S/c21-20(27-15-17-4-2-1-3-5-17)23-22-14-16-6-8-18(9-7-16)19(25)24-10-12-26-13-11-24/h1-9,14H,10-13,15H2,(H2,21,23). The molecule has 1 aliphatic heterocycles. The van der Waals surface area contributed by atoms with Crippen LogP contribution in [0.15, 0.2) is 64.8 Å². The van der Waals surface area contributed by atoms with Crippen molar-refractivity contribution in [2.45, 2.75) is 5.75 Å². The van der Waals surface area contributed by atoms with E-state index in [0.717, 1.165) is 11.3 Å². The molecule has 27 heavy (non-hydrogen) atoms. The first-order valence-electron chi connectivity index (χ1n) is 8.73. The van der Waals surface area contributed by atoms with Gasteiger partial charge in [-0.15, -0.1) is 5.10 Å². The van der Waals surface area contributed by atoms with Gasteiger partial charge in [-0.05, 0) is 23.3 Å². The average molecular weight is 382 g/mol. The fourth-order valence-corrected chi connectivity index (χ4v) is 3.19. The van der Waals surface area contributed by atoms with Crippen LogP contribution in [-0.2, 0) is 10.5 Å². The SMILES string of the molecule is NC(=NN=Cc1ccc(C(=O)N2CCOCC2)cc1)SCc1ccccc1. The molecule has 0 saturated carbocycles. The zero-order valence-corrected chi connectivity index (χ0v) is 15.8. The van der Waals surface area contributed by atoms with Crippen LogP contribution in [0, 0.1) is 0 Å². The summed E-state index contributed by atoms with van der Waals surface area (Å²) < 4.78 is 5.28. The van der Waals surface area contributed by atoms with Gasteiger partial charge in [0.1, 0.15) is 0 Å². The maximum Gasteiger partial charge on any atom is 0.254 e. The highest BCUT2D eigenvalue weighted by atomic mass is 32.2. The van der Waals surface area contributed by atoms with Crippen LogP contribution >= 0.6 is 11.8 Å². The van der Waals surface area contributed by atoms with E-state index in [0.29, 0.717) is 37.0 Å². The molecule has 0 atom stereocenters. The Morgan fingerprint density at radius 3 is 2.52 bits per heavy atom. The van der Waals surface area contributed by atoms with E-state index in [1.165, 1.54) is 17.3 Å². The lowest BCUT2D eigenvalue weighted by molar-refractivity contribution is 0.0303. The molecule has 1 heterocycles. The van der Waals surface area contributed by atoms with Crippen LogP contribution in [-0.4, -0.2) is 48.5 Å². The third kappa shape index (κ3) is 5.94. The molecule has 0 aliphatic carbocycles. The molecule has 1 amide bonds. The van der Waals surface area contributed by atoms with Crippen molar-refractivity contribution < 1.29 is 9.53 Å². The van der Waals surface area contributed by atoms with E-state index in [1.54, 1.807) is 18.3 Å². The highest BCUT2D eigenvalue weighted by Gasteiger charge is 2.17. The molecule has 1 aliphatic rings. The van der Waals surface area contributed by atoms with Crippen molar-refractivity contribution in [3.8, 4) is 0 Å². The zero-order chi connectivity index (χ0) is 18.9. The van der Waals surface area contributed by atoms with Gasteiger partial charge in [-0.25, -0.2) is 0 Å². The Balaban J connectivity index is 1.51. The summed E-state index contributed by atoms with van der Waals surface area (Å²) in [6.45, 7) is 2.46. The first-order valence-corrected chi connectivity index (χ1v) is 9.71. The number of carbonyl (C=O) groups excluding carboxylic acids is 1. The molecule has 2 aromatic rings. The third-order valence-corrected chi connectivity index (χ3v) is 4.90. The number of ether oxygens (including phenoxy) is 1. The van der Waals surface area contributed by atoms with Gasteiger partial charge in [-0.2, -0.15) is 5.10 Å². The van der Waals surface area contributed by atoms with E-state index in [1.807, 2.05) is 47.4 Å². The molecule has 140 valence electrons. The van der Waals surface area contributed by atoms with Gasteiger partial charge in [0.25, 0.3) is 5.91 Å². The number of nitrogens with two attached hydrogens (primary N) is 1. The predicted octanol–water partition coefficient (Wildman–Crippen LogP) is 2.74. The van der Waals surface area contributed by atoms with Crippen LogP contribution in [0.3, 0.4) is 0 Å². The number of morpholine rings is 1. The first kappa shape index (κ1) is 19.1. The summed E-state index contributed by atoms with van der Waals surface area (Å²) in [6.07, 6.45) is 1.62. The number of hydrogen-bond donors (Lipinski definition) is 1. The van der Waals surface area contributed by atoms with Gasteiger partial charge in [-0.1, -0.05) is 54.2 Å². The second-order valence-corrected chi connectivity index (χ2v) is 6.98. The van der Waals surface area contributed by atoms with Gasteiger partial charge in [0.15, 0.2) is 5.17 Å². The van der Waals surface area contributed by atoms with E-state index in [-0.39, 0.29) is 5.91 Å². The summed E-state index contributed by atoms with van der Waals surface area (Å²) in [6, 6.07) is 17.4. The number of carbonyl (C=O) groups is 1. The molecule has 2 N–H and O–H groups in total. The minimum Gasteiger partial charge on any atom is -0.378 e. The van der Waals surface area contributed by atoms with Gasteiger partial charge >= 0.3 is 0 Å². The van der Waals surface area contributed by atoms with E-state index < -0.39 is 0 Å². The number of benzene rings is 2. The van der Waals surface area contributed by atoms with Crippen molar-refractivity contribution in [1.82, 2.24) is 4.90 Å². The molecule has 0 unspecified atom stereocenters. The van der Waals surface area contributed by atoms with E-state index >= 15 is 0 Å². The molecular formula is C20H22N4O2S. The number of hydrogen-bond acceptors (Lipinski definition) is 5. The molecule has 0 spiro atoms. The van der Waals surface area contributed by atoms with Crippen molar-refractivity contribution in [2.75, 3.05) is 26.3 Å². The monoisotopic (exact) mass is 382 g/mol. The van der Waals surface area contributed by atoms with E-state index in [9.17, 15) is 4.79 Å². The summed E-state index contributed by atoms with van der Waals surface area (Å²) >= 11 is 1.44. The maximum atomic E-state index is 12.4. The smallest absolute Gasteiger partial charge is 0.254 e. The summed E-state index contributed by atoms with van der Waals surface area (Å²) in [4.78, 5) is 14.2. The van der Waals surface area contributed by atoms with Crippen molar-refractivity contribution in [2.24, 2.45) is 15.9 Å². The molecule has 6 nitrogen and oxygen atoms in total. The van der Waals surface area contributed by atoms with Gasteiger partial charge in [0.05, 0.1) is 19.4 Å². The Bertz CT molecular complexity index is 800. The van der Waals surface area contributed by atoms with Crippen molar-refractivity contribution in [3.63, 3.8) is 0 Å². The van der Waals surface area contributed by atoms with Crippen molar-refractivity contribution in [3.05, 3.63) is 71.3 Å². The molecule has 0 bridgehead atoms. The van der Waals surface area contributed by atoms with Gasteiger partial charge in [0, 0.05) is 24.4 Å². The number of nitrogens with zero attached hydrogens (tertiary/aromatic N) is 3. The van der Waals surface area contributed by atoms with Crippen molar-refractivity contribution in [1.29, 1.82) is 0 Å².